The highest BCUT2D eigenvalue weighted by Gasteiger charge is 2.21. The number of thiophene rings is 1. The normalized spacial score (nSPS) is 11.3. The molecular weight excluding hydrogens is 330 g/mol. The summed E-state index contributed by atoms with van der Waals surface area (Å²) in [6, 6.07) is 6.92. The van der Waals surface area contributed by atoms with Crippen molar-refractivity contribution < 1.29 is 22.2 Å². The Kier molecular flexibility index (Phi) is 4.64. The molecule has 0 aliphatic carbocycles. The lowest BCUT2D eigenvalue weighted by atomic mass is 10.2. The van der Waals surface area contributed by atoms with E-state index < -0.39 is 27.6 Å². The Morgan fingerprint density at radius 2 is 2.18 bits per heavy atom. The zero-order valence-corrected chi connectivity index (χ0v) is 13.1. The van der Waals surface area contributed by atoms with Crippen LogP contribution in [0.25, 0.3) is 10.1 Å². The standard InChI is InChI=1S/C12H13N3O5S2/c1-19-9-3-2-4-10-7(9)5-11(21-10)8(16)6-22(17,18)20-15-12(13)14/h2-5H,6H2,1H3,(H4,13,14,15). The van der Waals surface area contributed by atoms with Gasteiger partial charge in [-0.2, -0.15) is 8.42 Å². The number of carbonyl (C=O) groups excluding carboxylic acids is 1. The second kappa shape index (κ2) is 6.30. The maximum atomic E-state index is 12.1. The minimum atomic E-state index is -4.18. The van der Waals surface area contributed by atoms with Crippen LogP contribution in [-0.2, 0) is 14.4 Å². The predicted molar refractivity (Wildman–Crippen MR) is 82.6 cm³/mol. The first-order chi connectivity index (χ1) is 10.3. The number of methoxy groups -OCH3 is 1. The molecule has 0 radical (unpaired) electrons. The SMILES string of the molecule is COc1cccc2sc(C(=O)CS(=O)(=O)ONC(=N)N)cc12. The average molecular weight is 343 g/mol. The maximum Gasteiger partial charge on any atom is 0.295 e. The van der Waals surface area contributed by atoms with Crippen LogP contribution in [0.3, 0.4) is 0 Å². The quantitative estimate of drug-likeness (QED) is 0.306. The van der Waals surface area contributed by atoms with Gasteiger partial charge < -0.3 is 10.5 Å². The fourth-order valence-electron chi connectivity index (χ4n) is 1.72. The van der Waals surface area contributed by atoms with Gasteiger partial charge in [-0.25, -0.2) is 5.48 Å². The predicted octanol–water partition coefficient (Wildman–Crippen LogP) is 0.837. The first-order valence-corrected chi connectivity index (χ1v) is 8.32. The molecule has 0 saturated heterocycles. The Balaban J connectivity index is 2.21. The zero-order chi connectivity index (χ0) is 16.3. The van der Waals surface area contributed by atoms with Crippen LogP contribution in [-0.4, -0.2) is 33.0 Å². The largest absolute Gasteiger partial charge is 0.496 e. The van der Waals surface area contributed by atoms with Gasteiger partial charge in [0.15, 0.2) is 5.78 Å². The van der Waals surface area contributed by atoms with Crippen molar-refractivity contribution in [3.63, 3.8) is 0 Å². The third kappa shape index (κ3) is 3.72. The number of carbonyl (C=O) groups is 1. The van der Waals surface area contributed by atoms with Crippen LogP contribution in [0.4, 0.5) is 0 Å². The summed E-state index contributed by atoms with van der Waals surface area (Å²) in [6.45, 7) is 0. The average Bonchev–Trinajstić information content (AvgIpc) is 2.89. The van der Waals surface area contributed by atoms with Crippen molar-refractivity contribution in [1.29, 1.82) is 5.41 Å². The number of nitrogens with one attached hydrogen (secondary N) is 2. The zero-order valence-electron chi connectivity index (χ0n) is 11.5. The number of ether oxygens (including phenoxy) is 1. The monoisotopic (exact) mass is 343 g/mol. The van der Waals surface area contributed by atoms with E-state index in [-0.39, 0.29) is 4.88 Å². The molecule has 1 aromatic carbocycles. The van der Waals surface area contributed by atoms with Gasteiger partial charge in [-0.15, -0.1) is 15.6 Å². The Morgan fingerprint density at radius 1 is 1.45 bits per heavy atom. The van der Waals surface area contributed by atoms with Crippen LogP contribution >= 0.6 is 11.3 Å². The van der Waals surface area contributed by atoms with E-state index in [9.17, 15) is 13.2 Å². The molecular formula is C12H13N3O5S2. The van der Waals surface area contributed by atoms with E-state index in [0.717, 1.165) is 21.4 Å². The summed E-state index contributed by atoms with van der Waals surface area (Å²) in [6.07, 6.45) is 0. The molecule has 2 aromatic rings. The van der Waals surface area contributed by atoms with Crippen LogP contribution < -0.4 is 16.0 Å². The van der Waals surface area contributed by atoms with Crippen LogP contribution in [0.1, 0.15) is 9.67 Å². The Hall–Kier alpha value is -2.17. The minimum Gasteiger partial charge on any atom is -0.496 e. The first kappa shape index (κ1) is 16.2. The number of hydrogen-bond donors (Lipinski definition) is 3. The summed E-state index contributed by atoms with van der Waals surface area (Å²) >= 11 is 1.16. The van der Waals surface area contributed by atoms with Crippen molar-refractivity contribution in [2.75, 3.05) is 12.9 Å². The third-order valence-corrected chi connectivity index (χ3v) is 4.70. The number of hydrogen-bond acceptors (Lipinski definition) is 7. The number of Topliss-reactive ketones (excluding diaryl/α,β-unsaturated/α-hetero) is 1. The Morgan fingerprint density at radius 3 is 2.82 bits per heavy atom. The fraction of sp³-hybridized carbons (Fsp3) is 0.167. The van der Waals surface area contributed by atoms with Crippen molar-refractivity contribution in [3.8, 4) is 5.75 Å². The van der Waals surface area contributed by atoms with Crippen LogP contribution in [0.5, 0.6) is 5.75 Å². The second-order valence-corrected chi connectivity index (χ2v) is 6.86. The molecule has 2 rings (SSSR count). The van der Waals surface area contributed by atoms with Crippen LogP contribution in [0.2, 0.25) is 0 Å². The van der Waals surface area contributed by atoms with Crippen LogP contribution in [0.15, 0.2) is 24.3 Å². The van der Waals surface area contributed by atoms with E-state index in [1.807, 2.05) is 6.07 Å². The van der Waals surface area contributed by atoms with Crippen molar-refractivity contribution >= 4 is 43.3 Å². The lowest BCUT2D eigenvalue weighted by Gasteiger charge is -2.04. The van der Waals surface area contributed by atoms with E-state index in [4.69, 9.17) is 15.9 Å². The fourth-order valence-corrected chi connectivity index (χ4v) is 3.58. The number of fused-ring (bicyclic) bond motifs is 1. The highest BCUT2D eigenvalue weighted by molar-refractivity contribution is 7.87. The molecule has 0 atom stereocenters. The summed E-state index contributed by atoms with van der Waals surface area (Å²) in [5, 5.41) is 7.55. The minimum absolute atomic E-state index is 0.273. The van der Waals surface area contributed by atoms with E-state index in [1.165, 1.54) is 7.11 Å². The van der Waals surface area contributed by atoms with E-state index in [0.29, 0.717) is 5.75 Å². The lowest BCUT2D eigenvalue weighted by Crippen LogP contribution is -2.34. The number of benzene rings is 1. The van der Waals surface area contributed by atoms with Gasteiger partial charge in [0.2, 0.25) is 5.96 Å². The van der Waals surface area contributed by atoms with Gasteiger partial charge in [0, 0.05) is 10.1 Å². The van der Waals surface area contributed by atoms with Crippen molar-refractivity contribution in [2.24, 2.45) is 5.73 Å². The summed E-state index contributed by atoms with van der Waals surface area (Å²) in [4.78, 5) is 12.3. The molecule has 0 aliphatic heterocycles. The number of hydroxylamine groups is 1. The number of rotatable bonds is 6. The molecule has 1 aromatic heterocycles. The molecule has 0 fully saturated rings. The Bertz CT molecular complexity index is 828. The molecule has 4 N–H and O–H groups in total. The second-order valence-electron chi connectivity index (χ2n) is 4.21. The third-order valence-electron chi connectivity index (χ3n) is 2.60. The van der Waals surface area contributed by atoms with Crippen molar-refractivity contribution in [3.05, 3.63) is 29.1 Å². The van der Waals surface area contributed by atoms with Gasteiger partial charge in [0.05, 0.1) is 12.0 Å². The van der Waals surface area contributed by atoms with E-state index in [2.05, 4.69) is 4.28 Å². The number of nitrogens with two attached hydrogens (primary N) is 1. The van der Waals surface area contributed by atoms with Gasteiger partial charge in [-0.1, -0.05) is 6.07 Å². The molecule has 10 heteroatoms. The molecule has 1 heterocycles. The van der Waals surface area contributed by atoms with Crippen molar-refractivity contribution in [1.82, 2.24) is 5.48 Å². The molecule has 0 aliphatic rings. The van der Waals surface area contributed by atoms with Gasteiger partial charge in [0.1, 0.15) is 11.5 Å². The molecule has 0 amide bonds. The summed E-state index contributed by atoms with van der Waals surface area (Å²) in [5.74, 6) is -1.55. The maximum absolute atomic E-state index is 12.1. The Labute approximate surface area is 130 Å². The van der Waals surface area contributed by atoms with Crippen LogP contribution in [0, 0.1) is 5.41 Å². The van der Waals surface area contributed by atoms with E-state index in [1.54, 1.807) is 23.7 Å². The smallest absolute Gasteiger partial charge is 0.295 e. The molecule has 0 spiro atoms. The highest BCUT2D eigenvalue weighted by atomic mass is 32.2. The molecule has 0 saturated carbocycles. The summed E-state index contributed by atoms with van der Waals surface area (Å²) in [7, 11) is -2.67. The summed E-state index contributed by atoms with van der Waals surface area (Å²) in [5.41, 5.74) is 6.60. The first-order valence-electron chi connectivity index (χ1n) is 5.93. The molecule has 22 heavy (non-hydrogen) atoms. The van der Waals surface area contributed by atoms with Gasteiger partial charge >= 0.3 is 0 Å². The topological polar surface area (TPSA) is 132 Å². The van der Waals surface area contributed by atoms with Gasteiger partial charge in [0.25, 0.3) is 10.1 Å². The number of ketones is 1. The number of guanidine groups is 1. The highest BCUT2D eigenvalue weighted by Crippen LogP contribution is 2.32. The molecule has 8 nitrogen and oxygen atoms in total. The van der Waals surface area contributed by atoms with Crippen molar-refractivity contribution in [2.45, 2.75) is 0 Å². The van der Waals surface area contributed by atoms with E-state index >= 15 is 0 Å². The summed E-state index contributed by atoms with van der Waals surface area (Å²) < 4.78 is 33.4. The lowest BCUT2D eigenvalue weighted by molar-refractivity contribution is 0.102. The molecule has 0 bridgehead atoms. The van der Waals surface area contributed by atoms with Gasteiger partial charge in [-0.05, 0) is 18.2 Å². The molecule has 118 valence electrons. The van der Waals surface area contributed by atoms with Gasteiger partial charge in [-0.3, -0.25) is 10.2 Å². The molecule has 0 unspecified atom stereocenters.